The van der Waals surface area contributed by atoms with Crippen LogP contribution in [-0.4, -0.2) is 31.8 Å². The van der Waals surface area contributed by atoms with E-state index in [2.05, 4.69) is 36.6 Å². The van der Waals surface area contributed by atoms with Crippen LogP contribution < -0.4 is 0 Å². The number of aryl methyl sites for hydroxylation is 1. The molecular formula is C19H17ClN4S2. The number of halogens is 1. The van der Waals surface area contributed by atoms with Crippen molar-refractivity contribution in [1.29, 1.82) is 0 Å². The quantitative estimate of drug-likeness (QED) is 0.455. The Labute approximate surface area is 166 Å². The van der Waals surface area contributed by atoms with Gasteiger partial charge in [0.25, 0.3) is 0 Å². The fraction of sp³-hybridized carbons (Fsp3) is 0.263. The van der Waals surface area contributed by atoms with E-state index in [4.69, 9.17) is 11.6 Å². The van der Waals surface area contributed by atoms with E-state index in [0.29, 0.717) is 5.15 Å². The molecular weight excluding hydrogens is 384 g/mol. The number of thiazole rings is 1. The number of aromatic nitrogens is 3. The topological polar surface area (TPSA) is 33.4 Å². The summed E-state index contributed by atoms with van der Waals surface area (Å²) in [6, 6.07) is 5.91. The molecule has 0 radical (unpaired) electrons. The van der Waals surface area contributed by atoms with Crippen molar-refractivity contribution >= 4 is 39.8 Å². The van der Waals surface area contributed by atoms with Crippen molar-refractivity contribution in [2.45, 2.75) is 24.8 Å². The summed E-state index contributed by atoms with van der Waals surface area (Å²) in [5.74, 6) is 6.28. The van der Waals surface area contributed by atoms with E-state index in [9.17, 15) is 0 Å². The number of pyridine rings is 1. The molecule has 4 heterocycles. The van der Waals surface area contributed by atoms with E-state index in [1.165, 1.54) is 5.57 Å². The van der Waals surface area contributed by atoms with Crippen molar-refractivity contribution in [3.05, 3.63) is 58.0 Å². The van der Waals surface area contributed by atoms with Crippen molar-refractivity contribution in [1.82, 2.24) is 18.7 Å². The van der Waals surface area contributed by atoms with Crippen LogP contribution in [0.4, 0.5) is 0 Å². The van der Waals surface area contributed by atoms with Gasteiger partial charge in [0, 0.05) is 30.4 Å². The summed E-state index contributed by atoms with van der Waals surface area (Å²) in [7, 11) is 0. The lowest BCUT2D eigenvalue weighted by atomic mass is 10.1. The van der Waals surface area contributed by atoms with Gasteiger partial charge < -0.3 is 0 Å². The Morgan fingerprint density at radius 2 is 2.12 bits per heavy atom. The maximum atomic E-state index is 6.29. The van der Waals surface area contributed by atoms with Crippen molar-refractivity contribution in [3.8, 4) is 11.8 Å². The number of hydrogen-bond acceptors (Lipinski definition) is 5. The highest BCUT2D eigenvalue weighted by atomic mass is 35.5. The molecule has 4 rings (SSSR count). The molecule has 1 aliphatic heterocycles. The van der Waals surface area contributed by atoms with Crippen molar-refractivity contribution < 1.29 is 0 Å². The third-order valence-corrected chi connectivity index (χ3v) is 6.44. The Kier molecular flexibility index (Phi) is 5.32. The highest BCUT2D eigenvalue weighted by Crippen LogP contribution is 2.34. The second-order valence-electron chi connectivity index (χ2n) is 6.02. The first-order chi connectivity index (χ1) is 12.7. The molecule has 1 fully saturated rings. The predicted octanol–water partition coefficient (Wildman–Crippen LogP) is 4.83. The fourth-order valence-corrected chi connectivity index (χ4v) is 4.84. The summed E-state index contributed by atoms with van der Waals surface area (Å²) in [5, 5.41) is 3.61. The Bertz CT molecular complexity index is 1020. The molecule has 0 N–H and O–H groups in total. The van der Waals surface area contributed by atoms with Gasteiger partial charge in [0.1, 0.15) is 10.7 Å². The Morgan fingerprint density at radius 3 is 2.92 bits per heavy atom. The number of allylic oxidation sites excluding steroid dienone is 1. The SMILES string of the molecule is Cc1cccc(C#CC=C2CCN(Sc3c(Cl)nc4sccn34)CC2)n1. The molecule has 132 valence electrons. The van der Waals surface area contributed by atoms with E-state index in [0.717, 1.165) is 47.3 Å². The van der Waals surface area contributed by atoms with Crippen LogP contribution in [0.3, 0.4) is 0 Å². The van der Waals surface area contributed by atoms with Gasteiger partial charge in [-0.05, 0) is 55.8 Å². The molecule has 1 saturated heterocycles. The highest BCUT2D eigenvalue weighted by Gasteiger charge is 2.19. The molecule has 1 aliphatic rings. The fourth-order valence-electron chi connectivity index (χ4n) is 2.78. The van der Waals surface area contributed by atoms with Crippen LogP contribution in [0.25, 0.3) is 4.96 Å². The van der Waals surface area contributed by atoms with Crippen molar-refractivity contribution in [3.63, 3.8) is 0 Å². The van der Waals surface area contributed by atoms with Crippen LogP contribution in [0.2, 0.25) is 5.15 Å². The third-order valence-electron chi connectivity index (χ3n) is 4.12. The first-order valence-corrected chi connectivity index (χ1v) is 10.4. The van der Waals surface area contributed by atoms with E-state index in [-0.39, 0.29) is 0 Å². The summed E-state index contributed by atoms with van der Waals surface area (Å²) >= 11 is 9.58. The van der Waals surface area contributed by atoms with Crippen LogP contribution in [0.1, 0.15) is 24.2 Å². The van der Waals surface area contributed by atoms with Crippen LogP contribution in [0.15, 0.2) is 46.5 Å². The van der Waals surface area contributed by atoms with E-state index < -0.39 is 0 Å². The normalized spacial score (nSPS) is 15.1. The molecule has 0 aliphatic carbocycles. The lowest BCUT2D eigenvalue weighted by molar-refractivity contribution is 0.433. The number of piperidine rings is 1. The van der Waals surface area contributed by atoms with Gasteiger partial charge in [-0.1, -0.05) is 29.2 Å². The van der Waals surface area contributed by atoms with Crippen LogP contribution in [0.5, 0.6) is 0 Å². The zero-order valence-corrected chi connectivity index (χ0v) is 16.7. The second-order valence-corrected chi connectivity index (χ2v) is 8.34. The minimum Gasteiger partial charge on any atom is -0.283 e. The van der Waals surface area contributed by atoms with Gasteiger partial charge in [-0.3, -0.25) is 4.40 Å². The van der Waals surface area contributed by atoms with Crippen LogP contribution >= 0.6 is 34.9 Å². The van der Waals surface area contributed by atoms with Gasteiger partial charge in [0.2, 0.25) is 0 Å². The maximum absolute atomic E-state index is 6.29. The molecule has 0 amide bonds. The molecule has 0 saturated carbocycles. The van der Waals surface area contributed by atoms with Gasteiger partial charge in [0.05, 0.1) is 0 Å². The Morgan fingerprint density at radius 1 is 1.27 bits per heavy atom. The average molecular weight is 401 g/mol. The Hall–Kier alpha value is -1.78. The average Bonchev–Trinajstić information content (AvgIpc) is 3.19. The second kappa shape index (κ2) is 7.85. The smallest absolute Gasteiger partial charge is 0.196 e. The third kappa shape index (κ3) is 3.97. The minimum atomic E-state index is 0.583. The standard InChI is InChI=1S/C19H17ClN4S2/c1-14-4-2-6-16(21-14)7-3-5-15-8-10-23(11-9-15)26-18-17(20)22-19-24(18)12-13-25-19/h2,4-6,12-13H,8-11H2,1H3. The molecule has 3 aromatic heterocycles. The summed E-state index contributed by atoms with van der Waals surface area (Å²) in [5.41, 5.74) is 3.21. The van der Waals surface area contributed by atoms with Gasteiger partial charge >= 0.3 is 0 Å². The summed E-state index contributed by atoms with van der Waals surface area (Å²) in [6.07, 6.45) is 6.11. The van der Waals surface area contributed by atoms with Crippen LogP contribution in [0, 0.1) is 18.8 Å². The van der Waals surface area contributed by atoms with Gasteiger partial charge in [0.15, 0.2) is 10.1 Å². The maximum Gasteiger partial charge on any atom is 0.196 e. The molecule has 26 heavy (non-hydrogen) atoms. The molecule has 0 atom stereocenters. The molecule has 0 spiro atoms. The number of imidazole rings is 1. The number of nitrogens with zero attached hydrogens (tertiary/aromatic N) is 4. The van der Waals surface area contributed by atoms with E-state index >= 15 is 0 Å². The zero-order chi connectivity index (χ0) is 17.9. The Balaban J connectivity index is 1.37. The largest absolute Gasteiger partial charge is 0.283 e. The summed E-state index contributed by atoms with van der Waals surface area (Å²) < 4.78 is 4.41. The lowest BCUT2D eigenvalue weighted by Gasteiger charge is -2.26. The molecule has 7 heteroatoms. The molecule has 0 unspecified atom stereocenters. The molecule has 3 aromatic rings. The minimum absolute atomic E-state index is 0.583. The van der Waals surface area contributed by atoms with Gasteiger partial charge in [-0.15, -0.1) is 11.3 Å². The lowest BCUT2D eigenvalue weighted by Crippen LogP contribution is -2.24. The number of fused-ring (bicyclic) bond motifs is 1. The highest BCUT2D eigenvalue weighted by molar-refractivity contribution is 7.97. The zero-order valence-electron chi connectivity index (χ0n) is 14.3. The monoisotopic (exact) mass is 400 g/mol. The molecule has 0 bridgehead atoms. The van der Waals surface area contributed by atoms with Crippen molar-refractivity contribution in [2.24, 2.45) is 0 Å². The van der Waals surface area contributed by atoms with E-state index in [1.54, 1.807) is 23.3 Å². The van der Waals surface area contributed by atoms with Gasteiger partial charge in [-0.25, -0.2) is 14.3 Å². The first kappa shape index (κ1) is 17.6. The molecule has 0 aromatic carbocycles. The molecule has 4 nitrogen and oxygen atoms in total. The van der Waals surface area contributed by atoms with Gasteiger partial charge in [-0.2, -0.15) is 0 Å². The first-order valence-electron chi connectivity index (χ1n) is 8.36. The van der Waals surface area contributed by atoms with Crippen molar-refractivity contribution in [2.75, 3.05) is 13.1 Å². The number of rotatable bonds is 2. The number of hydrogen-bond donors (Lipinski definition) is 0. The predicted molar refractivity (Wildman–Crippen MR) is 109 cm³/mol. The van der Waals surface area contributed by atoms with E-state index in [1.807, 2.05) is 36.7 Å². The summed E-state index contributed by atoms with van der Waals surface area (Å²) in [6.45, 7) is 3.94. The summed E-state index contributed by atoms with van der Waals surface area (Å²) in [4.78, 5) is 9.74. The van der Waals surface area contributed by atoms with Crippen LogP contribution in [-0.2, 0) is 0 Å².